The summed E-state index contributed by atoms with van der Waals surface area (Å²) in [6.45, 7) is 0. The summed E-state index contributed by atoms with van der Waals surface area (Å²) < 4.78 is 0. The molecule has 50 heavy (non-hydrogen) atoms. The molecule has 0 amide bonds. The number of rotatable bonds is 3. The van der Waals surface area contributed by atoms with Crippen LogP contribution in [-0.4, -0.2) is 0 Å². The molecule has 3 aliphatic carbocycles. The van der Waals surface area contributed by atoms with E-state index >= 15 is 0 Å². The summed E-state index contributed by atoms with van der Waals surface area (Å²) in [4.78, 5) is 5.08. The fourth-order valence-electron chi connectivity index (χ4n) is 8.80. The lowest BCUT2D eigenvalue weighted by molar-refractivity contribution is 0.822. The summed E-state index contributed by atoms with van der Waals surface area (Å²) in [6.07, 6.45) is 20.6. The Hall–Kier alpha value is -5.86. The summed E-state index contributed by atoms with van der Waals surface area (Å²) in [7, 11) is 0. The molecule has 0 saturated carbocycles. The Kier molecular flexibility index (Phi) is 6.94. The minimum Gasteiger partial charge on any atom is -0.313 e. The Morgan fingerprint density at radius 1 is 0.360 bits per heavy atom. The molecule has 2 heterocycles. The monoisotopic (exact) mass is 642 g/mol. The van der Waals surface area contributed by atoms with Gasteiger partial charge in [-0.05, 0) is 114 Å². The predicted molar refractivity (Wildman–Crippen MR) is 210 cm³/mol. The van der Waals surface area contributed by atoms with Crippen LogP contribution in [0.15, 0.2) is 186 Å². The fourth-order valence-corrected chi connectivity index (χ4v) is 8.80. The molecule has 0 radical (unpaired) electrons. The molecule has 5 aromatic rings. The van der Waals surface area contributed by atoms with Crippen LogP contribution in [0.2, 0.25) is 0 Å². The van der Waals surface area contributed by atoms with Crippen molar-refractivity contribution in [3.8, 4) is 33.4 Å². The molecule has 5 aromatic carbocycles. The number of allylic oxidation sites excluding steroid dienone is 11. The highest BCUT2D eigenvalue weighted by molar-refractivity contribution is 6.00. The number of hydrogen-bond donors (Lipinski definition) is 0. The summed E-state index contributed by atoms with van der Waals surface area (Å²) in [5.74, 6) is 0. The zero-order valence-corrected chi connectivity index (χ0v) is 28.1. The van der Waals surface area contributed by atoms with Gasteiger partial charge in [-0.25, -0.2) is 0 Å². The Morgan fingerprint density at radius 3 is 1.28 bits per heavy atom. The maximum Gasteiger partial charge on any atom is 0.0537 e. The lowest BCUT2D eigenvalue weighted by Crippen LogP contribution is -2.24. The second-order valence-electron chi connectivity index (χ2n) is 13.8. The van der Waals surface area contributed by atoms with Crippen LogP contribution < -0.4 is 9.80 Å². The molecule has 0 aromatic heterocycles. The topological polar surface area (TPSA) is 6.48 Å². The molecule has 0 unspecified atom stereocenters. The number of anilines is 3. The van der Waals surface area contributed by atoms with E-state index in [0.29, 0.717) is 0 Å². The van der Waals surface area contributed by atoms with Crippen LogP contribution in [0.5, 0.6) is 0 Å². The highest BCUT2D eigenvalue weighted by Gasteiger charge is 2.31. The van der Waals surface area contributed by atoms with Crippen LogP contribution >= 0.6 is 0 Å². The Bertz CT molecular complexity index is 2330. The van der Waals surface area contributed by atoms with Gasteiger partial charge < -0.3 is 9.80 Å². The molecular formula is C48H38N2. The van der Waals surface area contributed by atoms with Crippen molar-refractivity contribution in [2.45, 2.75) is 38.5 Å². The molecule has 2 nitrogen and oxygen atoms in total. The number of para-hydroxylation sites is 3. The molecule has 0 N–H and O–H groups in total. The van der Waals surface area contributed by atoms with Gasteiger partial charge in [0.05, 0.1) is 17.1 Å². The molecule has 5 aliphatic rings. The van der Waals surface area contributed by atoms with Crippen LogP contribution in [0.25, 0.3) is 39.0 Å². The third-order valence-corrected chi connectivity index (χ3v) is 11.1. The predicted octanol–water partition coefficient (Wildman–Crippen LogP) is 12.9. The molecule has 10 rings (SSSR count). The largest absolute Gasteiger partial charge is 0.313 e. The Balaban J connectivity index is 1.02. The van der Waals surface area contributed by atoms with Gasteiger partial charge in [-0.2, -0.15) is 0 Å². The highest BCUT2D eigenvalue weighted by atomic mass is 15.2. The highest BCUT2D eigenvalue weighted by Crippen LogP contribution is 2.51. The Labute approximate surface area is 295 Å². The molecule has 240 valence electrons. The van der Waals surface area contributed by atoms with Gasteiger partial charge >= 0.3 is 0 Å². The van der Waals surface area contributed by atoms with E-state index in [4.69, 9.17) is 0 Å². The lowest BCUT2D eigenvalue weighted by Gasteiger charge is -2.34. The van der Waals surface area contributed by atoms with E-state index in [-0.39, 0.29) is 0 Å². The first-order valence-electron chi connectivity index (χ1n) is 18.1. The van der Waals surface area contributed by atoms with E-state index in [1.165, 1.54) is 89.8 Å². The maximum atomic E-state index is 2.56. The van der Waals surface area contributed by atoms with Gasteiger partial charge in [0, 0.05) is 33.8 Å². The normalized spacial score (nSPS) is 17.4. The van der Waals surface area contributed by atoms with Crippen molar-refractivity contribution in [1.29, 1.82) is 0 Å². The van der Waals surface area contributed by atoms with E-state index in [9.17, 15) is 0 Å². The molecule has 2 heteroatoms. The number of nitrogens with zero attached hydrogens (tertiary/aromatic N) is 2. The first-order valence-corrected chi connectivity index (χ1v) is 18.1. The average molecular weight is 643 g/mol. The molecule has 0 saturated heterocycles. The van der Waals surface area contributed by atoms with Gasteiger partial charge in [0.15, 0.2) is 0 Å². The first kappa shape index (κ1) is 29.1. The molecular weight excluding hydrogens is 605 g/mol. The van der Waals surface area contributed by atoms with E-state index in [2.05, 4.69) is 168 Å². The summed E-state index contributed by atoms with van der Waals surface area (Å²) in [5, 5.41) is 0. The van der Waals surface area contributed by atoms with Crippen LogP contribution in [0.4, 0.5) is 17.1 Å². The van der Waals surface area contributed by atoms with E-state index in [1.54, 1.807) is 0 Å². The van der Waals surface area contributed by atoms with E-state index in [0.717, 1.165) is 38.5 Å². The van der Waals surface area contributed by atoms with Crippen molar-refractivity contribution < 1.29 is 0 Å². The van der Waals surface area contributed by atoms with Crippen molar-refractivity contribution >= 4 is 22.6 Å². The van der Waals surface area contributed by atoms with Gasteiger partial charge in [0.1, 0.15) is 0 Å². The van der Waals surface area contributed by atoms with E-state index in [1.807, 2.05) is 0 Å². The Morgan fingerprint density at radius 2 is 0.780 bits per heavy atom. The van der Waals surface area contributed by atoms with E-state index < -0.39 is 0 Å². The average Bonchev–Trinajstić information content (AvgIpc) is 3.40. The molecule has 0 atom stereocenters. The maximum absolute atomic E-state index is 2.56. The first-order chi connectivity index (χ1) is 24.8. The third-order valence-electron chi connectivity index (χ3n) is 11.1. The van der Waals surface area contributed by atoms with Gasteiger partial charge in [0.25, 0.3) is 0 Å². The number of fused-ring (bicyclic) bond motifs is 9. The molecule has 0 fully saturated rings. The number of hydrogen-bond acceptors (Lipinski definition) is 2. The smallest absolute Gasteiger partial charge is 0.0537 e. The van der Waals surface area contributed by atoms with Gasteiger partial charge in [0.2, 0.25) is 0 Å². The summed E-state index contributed by atoms with van der Waals surface area (Å²) >= 11 is 0. The third kappa shape index (κ3) is 4.63. The molecule has 2 aliphatic heterocycles. The number of benzene rings is 5. The molecule has 0 spiro atoms. The van der Waals surface area contributed by atoms with Crippen molar-refractivity contribution in [2.24, 2.45) is 0 Å². The lowest BCUT2D eigenvalue weighted by atomic mass is 9.88. The van der Waals surface area contributed by atoms with Gasteiger partial charge in [-0.15, -0.1) is 0 Å². The van der Waals surface area contributed by atoms with Crippen LogP contribution in [0, 0.1) is 0 Å². The van der Waals surface area contributed by atoms with Crippen LogP contribution in [-0.2, 0) is 0 Å². The zero-order valence-electron chi connectivity index (χ0n) is 28.1. The second kappa shape index (κ2) is 11.9. The van der Waals surface area contributed by atoms with Crippen molar-refractivity contribution in [3.05, 3.63) is 192 Å². The van der Waals surface area contributed by atoms with Gasteiger partial charge in [-0.1, -0.05) is 121 Å². The SMILES string of the molecule is C1=CC2=C(CC1)c1ccccc1-c1ccccc1N2C1=CC=C(C2=CC=C(N3c4ccccc4-c4ccccc4-c4ccccc43)CC2)CC1. The van der Waals surface area contributed by atoms with Crippen LogP contribution in [0.3, 0.4) is 0 Å². The molecule has 0 bridgehead atoms. The zero-order chi connectivity index (χ0) is 33.0. The summed E-state index contributed by atoms with van der Waals surface area (Å²) in [5.41, 5.74) is 21.4. The van der Waals surface area contributed by atoms with Crippen molar-refractivity contribution in [3.63, 3.8) is 0 Å². The fraction of sp³-hybridized carbons (Fsp3) is 0.125. The minimum absolute atomic E-state index is 0.998. The second-order valence-corrected chi connectivity index (χ2v) is 13.8. The van der Waals surface area contributed by atoms with Crippen molar-refractivity contribution in [2.75, 3.05) is 9.80 Å². The quantitative estimate of drug-likeness (QED) is 0.193. The van der Waals surface area contributed by atoms with Crippen molar-refractivity contribution in [1.82, 2.24) is 0 Å². The standard InChI is InChI=1S/C48H38N2/c1-2-14-38-37(13-1)41-17-5-9-21-45(41)49(46-22-10-6-18-42(38)46)35-29-25-33(26-30-35)34-27-31-36(32-28-34)50-47-23-11-7-19-43(47)39-15-3-4-16-40(39)44-20-8-12-24-48(44)50/h1-7,9-19,21-25,27,29,31H,8,20,26,28,30,32H2. The summed E-state index contributed by atoms with van der Waals surface area (Å²) in [6, 6.07) is 44.6. The van der Waals surface area contributed by atoms with Gasteiger partial charge in [-0.3, -0.25) is 0 Å². The van der Waals surface area contributed by atoms with Crippen LogP contribution in [0.1, 0.15) is 44.1 Å². The minimum atomic E-state index is 0.998.